The SMILES string of the molecule is CCCCCCCCC1CCC(S(=O)(=O)C(=[N+]=[N-])S(=O)(=O)CCCC)CC1. The zero-order valence-corrected chi connectivity index (χ0v) is 18.5. The molecule has 0 heterocycles. The van der Waals surface area contributed by atoms with E-state index in [1.54, 1.807) is 0 Å². The van der Waals surface area contributed by atoms with Gasteiger partial charge >= 0.3 is 4.38 Å². The number of unbranched alkanes of at least 4 members (excludes halogenated alkanes) is 6. The van der Waals surface area contributed by atoms with E-state index in [0.717, 1.165) is 19.3 Å². The Morgan fingerprint density at radius 1 is 0.852 bits per heavy atom. The molecule has 0 unspecified atom stereocenters. The van der Waals surface area contributed by atoms with Crippen LogP contribution in [0, 0.1) is 5.92 Å². The van der Waals surface area contributed by atoms with Crippen molar-refractivity contribution in [3.63, 3.8) is 0 Å². The van der Waals surface area contributed by atoms with Crippen LogP contribution in [0.25, 0.3) is 5.53 Å². The lowest BCUT2D eigenvalue weighted by molar-refractivity contribution is 0.00368. The molecule has 158 valence electrons. The third-order valence-corrected chi connectivity index (χ3v) is 10.4. The highest BCUT2D eigenvalue weighted by molar-refractivity contribution is 8.31. The predicted molar refractivity (Wildman–Crippen MR) is 110 cm³/mol. The second kappa shape index (κ2) is 12.0. The number of hydrogen-bond acceptors (Lipinski definition) is 4. The van der Waals surface area contributed by atoms with E-state index in [-0.39, 0.29) is 5.75 Å². The third-order valence-electron chi connectivity index (χ3n) is 5.56. The zero-order valence-electron chi connectivity index (χ0n) is 16.9. The normalized spacial score (nSPS) is 21.0. The van der Waals surface area contributed by atoms with Gasteiger partial charge < -0.3 is 5.53 Å². The van der Waals surface area contributed by atoms with E-state index < -0.39 is 29.3 Å². The quantitative estimate of drug-likeness (QED) is 0.161. The fourth-order valence-electron chi connectivity index (χ4n) is 3.80. The highest BCUT2D eigenvalue weighted by Crippen LogP contribution is 2.33. The molecule has 1 aliphatic carbocycles. The van der Waals surface area contributed by atoms with Gasteiger partial charge in [0.1, 0.15) is 0 Å². The summed E-state index contributed by atoms with van der Waals surface area (Å²) in [4.78, 5) is 2.70. The van der Waals surface area contributed by atoms with E-state index in [9.17, 15) is 16.8 Å². The number of sulfone groups is 2. The van der Waals surface area contributed by atoms with Gasteiger partial charge in [-0.1, -0.05) is 65.2 Å². The molecular weight excluding hydrogens is 384 g/mol. The molecule has 1 rings (SSSR count). The molecule has 1 fully saturated rings. The Morgan fingerprint density at radius 2 is 1.41 bits per heavy atom. The van der Waals surface area contributed by atoms with Crippen LogP contribution >= 0.6 is 0 Å². The van der Waals surface area contributed by atoms with Gasteiger partial charge in [0.15, 0.2) is 0 Å². The van der Waals surface area contributed by atoms with Crippen LogP contribution in [-0.4, -0.2) is 37.0 Å². The summed E-state index contributed by atoms with van der Waals surface area (Å²) in [7, 11) is -8.18. The minimum Gasteiger partial charge on any atom is -0.359 e. The van der Waals surface area contributed by atoms with E-state index in [1.807, 2.05) is 6.92 Å². The standard InChI is InChI=1S/C19H36N2O4S2/c1-3-5-7-8-9-10-11-17-12-14-18(15-13-17)27(24,25)19(21-20)26(22,23)16-6-4-2/h17-18H,3-16H2,1-2H3. The van der Waals surface area contributed by atoms with Gasteiger partial charge in [-0.25, -0.2) is 16.8 Å². The maximum Gasteiger partial charge on any atom is 0.495 e. The molecule has 0 aromatic carbocycles. The average Bonchev–Trinajstić information content (AvgIpc) is 2.63. The molecule has 0 radical (unpaired) electrons. The lowest BCUT2D eigenvalue weighted by Crippen LogP contribution is -2.37. The van der Waals surface area contributed by atoms with E-state index >= 15 is 0 Å². The molecule has 1 aliphatic rings. The lowest BCUT2D eigenvalue weighted by atomic mass is 9.85. The van der Waals surface area contributed by atoms with E-state index in [2.05, 4.69) is 11.7 Å². The Bertz CT molecular complexity index is 687. The van der Waals surface area contributed by atoms with E-state index in [4.69, 9.17) is 5.53 Å². The summed E-state index contributed by atoms with van der Waals surface area (Å²) in [5, 5.41) is -0.749. The van der Waals surface area contributed by atoms with Crippen molar-refractivity contribution in [2.45, 2.75) is 103 Å². The van der Waals surface area contributed by atoms with Gasteiger partial charge in [0.05, 0.1) is 11.0 Å². The third kappa shape index (κ3) is 7.66. The van der Waals surface area contributed by atoms with Crippen LogP contribution in [0.1, 0.15) is 97.3 Å². The first-order chi connectivity index (χ1) is 12.8. The molecule has 6 nitrogen and oxygen atoms in total. The van der Waals surface area contributed by atoms with Crippen molar-refractivity contribution in [3.05, 3.63) is 5.53 Å². The van der Waals surface area contributed by atoms with Crippen molar-refractivity contribution in [3.8, 4) is 0 Å². The maximum atomic E-state index is 12.7. The molecule has 0 aliphatic heterocycles. The topological polar surface area (TPSA) is 105 Å². The minimum atomic E-state index is -4.11. The minimum absolute atomic E-state index is 0.296. The van der Waals surface area contributed by atoms with Gasteiger partial charge in [-0.15, -0.1) is 4.79 Å². The second-order valence-electron chi connectivity index (χ2n) is 7.78. The molecule has 0 saturated heterocycles. The van der Waals surface area contributed by atoms with Gasteiger partial charge in [0, 0.05) is 0 Å². The molecule has 0 aromatic rings. The maximum absolute atomic E-state index is 12.7. The van der Waals surface area contributed by atoms with Gasteiger partial charge in [0.2, 0.25) is 0 Å². The summed E-state index contributed by atoms with van der Waals surface area (Å²) >= 11 is 0. The van der Waals surface area contributed by atoms with E-state index in [0.29, 0.717) is 31.6 Å². The molecule has 0 bridgehead atoms. The van der Waals surface area contributed by atoms with E-state index in [1.165, 1.54) is 38.5 Å². The summed E-state index contributed by atoms with van der Waals surface area (Å²) < 4.78 is 48.9. The van der Waals surface area contributed by atoms with Crippen LogP contribution in [0.3, 0.4) is 0 Å². The van der Waals surface area contributed by atoms with Crippen molar-refractivity contribution in [2.75, 3.05) is 5.75 Å². The van der Waals surface area contributed by atoms with Crippen molar-refractivity contribution >= 4 is 24.1 Å². The van der Waals surface area contributed by atoms with Crippen molar-refractivity contribution in [1.29, 1.82) is 0 Å². The Labute approximate surface area is 165 Å². The van der Waals surface area contributed by atoms with Crippen LogP contribution in [0.15, 0.2) is 0 Å². The molecule has 1 saturated carbocycles. The first-order valence-corrected chi connectivity index (χ1v) is 13.7. The smallest absolute Gasteiger partial charge is 0.359 e. The van der Waals surface area contributed by atoms with Crippen LogP contribution in [-0.2, 0) is 19.7 Å². The Hall–Kier alpha value is -0.720. The van der Waals surface area contributed by atoms with Gasteiger partial charge in [-0.2, -0.15) is 0 Å². The van der Waals surface area contributed by atoms with Gasteiger partial charge in [-0.3, -0.25) is 0 Å². The van der Waals surface area contributed by atoms with Gasteiger partial charge in [-0.05, 0) is 38.0 Å². The fraction of sp³-hybridized carbons (Fsp3) is 0.947. The highest BCUT2D eigenvalue weighted by atomic mass is 32.3. The summed E-state index contributed by atoms with van der Waals surface area (Å²) in [5.41, 5.74) is 9.11. The van der Waals surface area contributed by atoms with Gasteiger partial charge in [0.25, 0.3) is 19.7 Å². The summed E-state index contributed by atoms with van der Waals surface area (Å²) in [6.45, 7) is 4.03. The lowest BCUT2D eigenvalue weighted by Gasteiger charge is -2.27. The van der Waals surface area contributed by atoms with Crippen LogP contribution in [0.2, 0.25) is 0 Å². The van der Waals surface area contributed by atoms with Crippen LogP contribution < -0.4 is 0 Å². The summed E-state index contributed by atoms with van der Waals surface area (Å²) in [6.07, 6.45) is 12.1. The molecule has 0 spiro atoms. The van der Waals surface area contributed by atoms with Crippen LogP contribution in [0.4, 0.5) is 0 Å². The van der Waals surface area contributed by atoms with Crippen molar-refractivity contribution in [2.24, 2.45) is 5.92 Å². The number of rotatable bonds is 11. The van der Waals surface area contributed by atoms with Crippen LogP contribution in [0.5, 0.6) is 0 Å². The summed E-state index contributed by atoms with van der Waals surface area (Å²) in [5.74, 6) is 0.226. The predicted octanol–water partition coefficient (Wildman–Crippen LogP) is 4.51. The zero-order chi connectivity index (χ0) is 20.3. The molecule has 0 N–H and O–H groups in total. The first-order valence-electron chi connectivity index (χ1n) is 10.5. The molecule has 27 heavy (non-hydrogen) atoms. The first kappa shape index (κ1) is 24.3. The fourth-order valence-corrected chi connectivity index (χ4v) is 8.14. The molecular formula is C19H36N2O4S2. The van der Waals surface area contributed by atoms with Crippen molar-refractivity contribution in [1.82, 2.24) is 0 Å². The largest absolute Gasteiger partial charge is 0.495 e. The molecule has 8 heteroatoms. The van der Waals surface area contributed by atoms with Crippen molar-refractivity contribution < 1.29 is 21.6 Å². The second-order valence-corrected chi connectivity index (χ2v) is 12.2. The molecule has 0 amide bonds. The monoisotopic (exact) mass is 420 g/mol. The number of hydrogen-bond donors (Lipinski definition) is 0. The Morgan fingerprint density at radius 3 is 1.96 bits per heavy atom. The average molecular weight is 421 g/mol. The molecule has 0 aromatic heterocycles. The Balaban J connectivity index is 2.56. The highest BCUT2D eigenvalue weighted by Gasteiger charge is 2.46. The summed E-state index contributed by atoms with van der Waals surface area (Å²) in [6, 6.07) is 0. The molecule has 0 atom stereocenters. The number of nitrogens with zero attached hydrogens (tertiary/aromatic N) is 2. The Kier molecular flexibility index (Phi) is 10.8.